The van der Waals surface area contributed by atoms with Gasteiger partial charge >= 0.3 is 0 Å². The molecule has 1 aliphatic heterocycles. The Balaban J connectivity index is 1.93. The van der Waals surface area contributed by atoms with Crippen molar-refractivity contribution >= 4 is 11.4 Å². The Kier molecular flexibility index (Phi) is 5.47. The van der Waals surface area contributed by atoms with Crippen LogP contribution in [0.15, 0.2) is 36.4 Å². The lowest BCUT2D eigenvalue weighted by molar-refractivity contribution is 0.297. The smallest absolute Gasteiger partial charge is 0.120 e. The summed E-state index contributed by atoms with van der Waals surface area (Å²) in [5, 5.41) is 0. The molecule has 4 heteroatoms. The van der Waals surface area contributed by atoms with Gasteiger partial charge in [0.2, 0.25) is 0 Å². The average molecular weight is 326 g/mol. The molecule has 4 N–H and O–H groups in total. The standard InChI is InChI=1S/C20H26N2O2/c21-19-9-7-15-13-17(19)18-14-16(8-10-20(18)22)24-12-6-4-2-1-3-5-11-23-15/h7-10,13-14H,1-6,11-12,21-22H2. The van der Waals surface area contributed by atoms with Crippen molar-refractivity contribution in [3.05, 3.63) is 36.4 Å². The van der Waals surface area contributed by atoms with E-state index in [0.717, 1.165) is 48.7 Å². The second kappa shape index (κ2) is 7.95. The van der Waals surface area contributed by atoms with Crippen LogP contribution in [-0.2, 0) is 0 Å². The van der Waals surface area contributed by atoms with Crippen molar-refractivity contribution in [2.75, 3.05) is 24.7 Å². The zero-order valence-electron chi connectivity index (χ0n) is 14.1. The van der Waals surface area contributed by atoms with Crippen molar-refractivity contribution in [3.8, 4) is 22.6 Å². The normalized spacial score (nSPS) is 16.0. The van der Waals surface area contributed by atoms with Gasteiger partial charge in [-0.05, 0) is 49.2 Å². The molecule has 0 aliphatic carbocycles. The molecule has 1 heterocycles. The monoisotopic (exact) mass is 326 g/mol. The van der Waals surface area contributed by atoms with Crippen LogP contribution in [0, 0.1) is 0 Å². The zero-order chi connectivity index (χ0) is 16.8. The van der Waals surface area contributed by atoms with Gasteiger partial charge in [0.05, 0.1) is 13.2 Å². The Morgan fingerprint density at radius 3 is 1.46 bits per heavy atom. The summed E-state index contributed by atoms with van der Waals surface area (Å²) >= 11 is 0. The number of fused-ring (bicyclic) bond motifs is 5. The molecule has 0 atom stereocenters. The summed E-state index contributed by atoms with van der Waals surface area (Å²) in [6.45, 7) is 1.48. The highest BCUT2D eigenvalue weighted by atomic mass is 16.5. The van der Waals surface area contributed by atoms with Gasteiger partial charge in [-0.3, -0.25) is 0 Å². The van der Waals surface area contributed by atoms with Crippen LogP contribution in [0.2, 0.25) is 0 Å². The number of anilines is 2. The Morgan fingerprint density at radius 1 is 0.583 bits per heavy atom. The maximum absolute atomic E-state index is 6.17. The van der Waals surface area contributed by atoms with Gasteiger partial charge in [0.15, 0.2) is 0 Å². The molecule has 0 radical (unpaired) electrons. The Hall–Kier alpha value is -2.36. The van der Waals surface area contributed by atoms with E-state index in [1.54, 1.807) is 0 Å². The van der Waals surface area contributed by atoms with Gasteiger partial charge in [0, 0.05) is 22.5 Å². The predicted molar refractivity (Wildman–Crippen MR) is 99.4 cm³/mol. The number of nitrogen functional groups attached to an aromatic ring is 2. The first-order valence-corrected chi connectivity index (χ1v) is 8.79. The number of hydrogen-bond donors (Lipinski definition) is 2. The van der Waals surface area contributed by atoms with Gasteiger partial charge in [0.25, 0.3) is 0 Å². The van der Waals surface area contributed by atoms with Crippen molar-refractivity contribution in [2.24, 2.45) is 0 Å². The van der Waals surface area contributed by atoms with E-state index in [4.69, 9.17) is 20.9 Å². The minimum absolute atomic E-state index is 0.687. The summed E-state index contributed by atoms with van der Waals surface area (Å²) in [7, 11) is 0. The van der Waals surface area contributed by atoms with E-state index >= 15 is 0 Å². The van der Waals surface area contributed by atoms with Crippen LogP contribution in [0.4, 0.5) is 11.4 Å². The maximum atomic E-state index is 6.17. The second-order valence-electron chi connectivity index (χ2n) is 6.32. The molecule has 0 unspecified atom stereocenters. The van der Waals surface area contributed by atoms with E-state index in [9.17, 15) is 0 Å². The van der Waals surface area contributed by atoms with Gasteiger partial charge < -0.3 is 20.9 Å². The number of ether oxygens (including phenoxy) is 2. The molecular formula is C20H26N2O2. The SMILES string of the molecule is Nc1ccc2cc1-c1cc(ccc1N)OCCCCCCCCO2. The molecule has 3 rings (SSSR count). The van der Waals surface area contributed by atoms with Crippen molar-refractivity contribution in [1.29, 1.82) is 0 Å². The largest absolute Gasteiger partial charge is 0.494 e. The van der Waals surface area contributed by atoms with Gasteiger partial charge in [0.1, 0.15) is 11.5 Å². The van der Waals surface area contributed by atoms with Gasteiger partial charge in [-0.25, -0.2) is 0 Å². The van der Waals surface area contributed by atoms with Crippen LogP contribution in [0.3, 0.4) is 0 Å². The van der Waals surface area contributed by atoms with E-state index in [1.165, 1.54) is 25.7 Å². The first-order valence-electron chi connectivity index (χ1n) is 8.79. The molecule has 2 aromatic carbocycles. The fourth-order valence-corrected chi connectivity index (χ4v) is 3.01. The fraction of sp³-hybridized carbons (Fsp3) is 0.400. The highest BCUT2D eigenvalue weighted by Gasteiger charge is 2.10. The summed E-state index contributed by atoms with van der Waals surface area (Å²) in [6.07, 6.45) is 7.07. The highest BCUT2D eigenvalue weighted by Crippen LogP contribution is 2.36. The minimum Gasteiger partial charge on any atom is -0.494 e. The van der Waals surface area contributed by atoms with Gasteiger partial charge in [-0.2, -0.15) is 0 Å². The van der Waals surface area contributed by atoms with Gasteiger partial charge in [-0.15, -0.1) is 0 Å². The van der Waals surface area contributed by atoms with Crippen LogP contribution < -0.4 is 20.9 Å². The third kappa shape index (κ3) is 4.13. The summed E-state index contributed by atoms with van der Waals surface area (Å²) in [4.78, 5) is 0. The maximum Gasteiger partial charge on any atom is 0.120 e. The number of rotatable bonds is 0. The van der Waals surface area contributed by atoms with Crippen LogP contribution in [0.1, 0.15) is 38.5 Å². The van der Waals surface area contributed by atoms with E-state index in [1.807, 2.05) is 36.4 Å². The molecule has 24 heavy (non-hydrogen) atoms. The summed E-state index contributed by atoms with van der Waals surface area (Å²) < 4.78 is 11.8. The fourth-order valence-electron chi connectivity index (χ4n) is 3.01. The molecule has 0 spiro atoms. The Bertz CT molecular complexity index is 626. The van der Waals surface area contributed by atoms with Gasteiger partial charge in [-0.1, -0.05) is 25.7 Å². The lowest BCUT2D eigenvalue weighted by atomic mass is 10.0. The molecular weight excluding hydrogens is 300 g/mol. The molecule has 0 fully saturated rings. The van der Waals surface area contributed by atoms with E-state index in [-0.39, 0.29) is 0 Å². The zero-order valence-corrected chi connectivity index (χ0v) is 14.1. The number of benzene rings is 2. The number of nitrogens with two attached hydrogens (primary N) is 2. The van der Waals surface area contributed by atoms with Crippen LogP contribution in [0.5, 0.6) is 11.5 Å². The van der Waals surface area contributed by atoms with E-state index in [0.29, 0.717) is 11.4 Å². The Labute approximate surface area is 143 Å². The number of hydrogen-bond acceptors (Lipinski definition) is 4. The average Bonchev–Trinajstić information content (AvgIpc) is 2.58. The molecule has 0 saturated carbocycles. The lowest BCUT2D eigenvalue weighted by Crippen LogP contribution is -2.02. The molecule has 128 valence electrons. The summed E-state index contributed by atoms with van der Waals surface area (Å²) in [5.41, 5.74) is 15.5. The first kappa shape index (κ1) is 16.5. The third-order valence-corrected chi connectivity index (χ3v) is 4.42. The second-order valence-corrected chi connectivity index (χ2v) is 6.32. The van der Waals surface area contributed by atoms with E-state index in [2.05, 4.69) is 0 Å². The minimum atomic E-state index is 0.687. The van der Waals surface area contributed by atoms with Crippen LogP contribution in [0.25, 0.3) is 11.1 Å². The quantitative estimate of drug-likeness (QED) is 0.692. The first-order chi connectivity index (χ1) is 11.7. The molecule has 4 nitrogen and oxygen atoms in total. The van der Waals surface area contributed by atoms with Crippen molar-refractivity contribution in [3.63, 3.8) is 0 Å². The predicted octanol–water partition coefficient (Wildman–Crippen LogP) is 4.63. The molecule has 0 saturated heterocycles. The van der Waals surface area contributed by atoms with Crippen molar-refractivity contribution < 1.29 is 9.47 Å². The highest BCUT2D eigenvalue weighted by molar-refractivity contribution is 5.85. The molecule has 4 bridgehead atoms. The molecule has 0 aromatic heterocycles. The molecule has 0 amide bonds. The van der Waals surface area contributed by atoms with E-state index < -0.39 is 0 Å². The Morgan fingerprint density at radius 2 is 1.00 bits per heavy atom. The van der Waals surface area contributed by atoms with Crippen LogP contribution in [-0.4, -0.2) is 13.2 Å². The van der Waals surface area contributed by atoms with Crippen LogP contribution >= 0.6 is 0 Å². The third-order valence-electron chi connectivity index (χ3n) is 4.42. The molecule has 1 aliphatic rings. The van der Waals surface area contributed by atoms with Crippen molar-refractivity contribution in [1.82, 2.24) is 0 Å². The molecule has 2 aromatic rings. The lowest BCUT2D eigenvalue weighted by Gasteiger charge is -2.14. The topological polar surface area (TPSA) is 70.5 Å². The summed E-state index contributed by atoms with van der Waals surface area (Å²) in [5.74, 6) is 1.66. The summed E-state index contributed by atoms with van der Waals surface area (Å²) in [6, 6.07) is 11.5. The van der Waals surface area contributed by atoms with Crippen molar-refractivity contribution in [2.45, 2.75) is 38.5 Å².